The van der Waals surface area contributed by atoms with Crippen molar-refractivity contribution in [1.29, 1.82) is 0 Å². The van der Waals surface area contributed by atoms with Gasteiger partial charge in [0.05, 0.1) is 12.3 Å². The van der Waals surface area contributed by atoms with Crippen LogP contribution in [0.2, 0.25) is 0 Å². The lowest BCUT2D eigenvalue weighted by Crippen LogP contribution is -2.32. The maximum absolute atomic E-state index is 13.4. The number of thiazole rings is 1. The highest BCUT2D eigenvalue weighted by Crippen LogP contribution is 2.41. The van der Waals surface area contributed by atoms with E-state index >= 15 is 0 Å². The van der Waals surface area contributed by atoms with E-state index in [1.54, 1.807) is 6.07 Å². The predicted molar refractivity (Wildman–Crippen MR) is 107 cm³/mol. The number of nitrogens with one attached hydrogen (secondary N) is 1. The minimum absolute atomic E-state index is 0.0334. The fourth-order valence-corrected chi connectivity index (χ4v) is 4.19. The lowest BCUT2D eigenvalue weighted by molar-refractivity contribution is -0.0361. The van der Waals surface area contributed by atoms with E-state index in [2.05, 4.69) is 27.2 Å². The second-order valence-corrected chi connectivity index (χ2v) is 8.30. The second-order valence-electron chi connectivity index (χ2n) is 7.44. The van der Waals surface area contributed by atoms with E-state index in [0.29, 0.717) is 48.5 Å². The molecule has 0 spiro atoms. The molecular weight excluding hydrogens is 382 g/mol. The van der Waals surface area contributed by atoms with Crippen LogP contribution in [0, 0.1) is 0 Å². The van der Waals surface area contributed by atoms with Crippen molar-refractivity contribution in [3.63, 3.8) is 0 Å². The molecule has 0 aliphatic heterocycles. The third-order valence-corrected chi connectivity index (χ3v) is 5.96. The van der Waals surface area contributed by atoms with Crippen LogP contribution >= 0.6 is 11.3 Å². The Labute approximate surface area is 167 Å². The van der Waals surface area contributed by atoms with Crippen LogP contribution in [0.4, 0.5) is 14.6 Å². The van der Waals surface area contributed by atoms with Crippen molar-refractivity contribution in [1.82, 2.24) is 15.0 Å². The second kappa shape index (κ2) is 7.73. The SMILES string of the molecule is C=C(OCC)c1cc(NC2CCC(F)(F)CC2)nc(-c2nc(C3CC3)cs2)n1. The number of alkyl halides is 2. The minimum atomic E-state index is -2.55. The number of anilines is 1. The van der Waals surface area contributed by atoms with Gasteiger partial charge in [0.25, 0.3) is 0 Å². The maximum atomic E-state index is 13.4. The number of nitrogens with zero attached hydrogens (tertiary/aromatic N) is 3. The molecule has 2 heterocycles. The first-order valence-electron chi connectivity index (χ1n) is 9.75. The van der Waals surface area contributed by atoms with Crippen molar-refractivity contribution in [3.05, 3.63) is 29.4 Å². The summed E-state index contributed by atoms with van der Waals surface area (Å²) >= 11 is 1.53. The third-order valence-electron chi connectivity index (χ3n) is 5.11. The average Bonchev–Trinajstić information content (AvgIpc) is 3.40. The molecule has 4 rings (SSSR count). The first-order valence-corrected chi connectivity index (χ1v) is 10.6. The van der Waals surface area contributed by atoms with Gasteiger partial charge in [0.1, 0.15) is 17.3 Å². The molecule has 0 unspecified atom stereocenters. The molecule has 2 aromatic rings. The van der Waals surface area contributed by atoms with Gasteiger partial charge in [-0.3, -0.25) is 0 Å². The van der Waals surface area contributed by atoms with E-state index in [1.165, 1.54) is 24.2 Å². The molecule has 2 aliphatic rings. The average molecular weight is 407 g/mol. The topological polar surface area (TPSA) is 59.9 Å². The predicted octanol–water partition coefficient (Wildman–Crippen LogP) is 5.47. The summed E-state index contributed by atoms with van der Waals surface area (Å²) in [5.41, 5.74) is 1.68. The Morgan fingerprint density at radius 3 is 2.68 bits per heavy atom. The van der Waals surface area contributed by atoms with Crippen LogP contribution in [0.5, 0.6) is 0 Å². The molecule has 1 N–H and O–H groups in total. The van der Waals surface area contributed by atoms with Gasteiger partial charge in [0.15, 0.2) is 10.8 Å². The standard InChI is InChI=1S/C20H24F2N4OS/c1-3-27-12(2)15-10-17(23-14-6-8-20(21,22)9-7-14)26-18(24-15)19-25-16(11-28-19)13-4-5-13/h10-11,13-14H,2-9H2,1H3,(H,23,24,26). The molecular formula is C20H24F2N4OS. The number of rotatable bonds is 7. The lowest BCUT2D eigenvalue weighted by atomic mass is 9.92. The van der Waals surface area contributed by atoms with E-state index in [9.17, 15) is 8.78 Å². The van der Waals surface area contributed by atoms with Crippen LogP contribution < -0.4 is 5.32 Å². The Hall–Kier alpha value is -2.09. The monoisotopic (exact) mass is 406 g/mol. The third kappa shape index (κ3) is 4.48. The van der Waals surface area contributed by atoms with Crippen molar-refractivity contribution in [2.24, 2.45) is 0 Å². The molecule has 2 aliphatic carbocycles. The van der Waals surface area contributed by atoms with Crippen LogP contribution in [-0.4, -0.2) is 33.5 Å². The van der Waals surface area contributed by atoms with E-state index in [0.717, 1.165) is 10.7 Å². The highest BCUT2D eigenvalue weighted by atomic mass is 32.1. The molecule has 150 valence electrons. The van der Waals surface area contributed by atoms with E-state index in [1.807, 2.05) is 6.92 Å². The van der Waals surface area contributed by atoms with Crippen molar-refractivity contribution in [2.45, 2.75) is 63.3 Å². The van der Waals surface area contributed by atoms with Crippen molar-refractivity contribution in [2.75, 3.05) is 11.9 Å². The first kappa shape index (κ1) is 19.2. The minimum Gasteiger partial charge on any atom is -0.492 e. The van der Waals surface area contributed by atoms with Gasteiger partial charge in [-0.2, -0.15) is 0 Å². The number of hydrogen-bond donors (Lipinski definition) is 1. The largest absolute Gasteiger partial charge is 0.492 e. The van der Waals surface area contributed by atoms with Gasteiger partial charge < -0.3 is 10.1 Å². The van der Waals surface area contributed by atoms with E-state index < -0.39 is 5.92 Å². The summed E-state index contributed by atoms with van der Waals surface area (Å²) in [7, 11) is 0. The fraction of sp³-hybridized carbons (Fsp3) is 0.550. The van der Waals surface area contributed by atoms with Gasteiger partial charge in [-0.15, -0.1) is 11.3 Å². The first-order chi connectivity index (χ1) is 13.4. The lowest BCUT2D eigenvalue weighted by Gasteiger charge is -2.29. The van der Waals surface area contributed by atoms with Crippen LogP contribution in [0.3, 0.4) is 0 Å². The van der Waals surface area contributed by atoms with E-state index in [4.69, 9.17) is 9.72 Å². The molecule has 0 atom stereocenters. The Bertz CT molecular complexity index is 856. The van der Waals surface area contributed by atoms with Gasteiger partial charge in [0.2, 0.25) is 5.92 Å². The number of hydrogen-bond acceptors (Lipinski definition) is 6. The molecule has 2 fully saturated rings. The summed E-state index contributed by atoms with van der Waals surface area (Å²) in [4.78, 5) is 13.9. The molecule has 8 heteroatoms. The Morgan fingerprint density at radius 2 is 2.00 bits per heavy atom. The fourth-order valence-electron chi connectivity index (χ4n) is 3.36. The zero-order valence-corrected chi connectivity index (χ0v) is 16.7. The summed E-state index contributed by atoms with van der Waals surface area (Å²) in [6.45, 7) is 6.32. The van der Waals surface area contributed by atoms with Crippen molar-refractivity contribution in [3.8, 4) is 10.8 Å². The van der Waals surface area contributed by atoms with Crippen LogP contribution in [0.25, 0.3) is 16.6 Å². The van der Waals surface area contributed by atoms with Crippen LogP contribution in [0.15, 0.2) is 18.0 Å². The molecule has 0 bridgehead atoms. The molecule has 0 radical (unpaired) electrons. The summed E-state index contributed by atoms with van der Waals surface area (Å²) in [5, 5.41) is 6.13. The quantitative estimate of drug-likeness (QED) is 0.618. The number of halogens is 2. The van der Waals surface area contributed by atoms with Gasteiger partial charge >= 0.3 is 0 Å². The Morgan fingerprint density at radius 1 is 1.25 bits per heavy atom. The summed E-state index contributed by atoms with van der Waals surface area (Å²) in [6, 6.07) is 1.73. The molecule has 5 nitrogen and oxygen atoms in total. The molecule has 0 saturated heterocycles. The van der Waals surface area contributed by atoms with Gasteiger partial charge in [-0.05, 0) is 32.6 Å². The van der Waals surface area contributed by atoms with Gasteiger partial charge in [0, 0.05) is 36.2 Å². The van der Waals surface area contributed by atoms with Crippen molar-refractivity contribution >= 4 is 22.9 Å². The van der Waals surface area contributed by atoms with Crippen LogP contribution in [0.1, 0.15) is 62.8 Å². The molecule has 2 aromatic heterocycles. The Kier molecular flexibility index (Phi) is 5.31. The van der Waals surface area contributed by atoms with Gasteiger partial charge in [-0.25, -0.2) is 23.7 Å². The Balaban J connectivity index is 1.59. The van der Waals surface area contributed by atoms with Gasteiger partial charge in [-0.1, -0.05) is 6.58 Å². The number of ether oxygens (including phenoxy) is 1. The highest BCUT2D eigenvalue weighted by Gasteiger charge is 2.35. The molecule has 0 aromatic carbocycles. The zero-order chi connectivity index (χ0) is 19.7. The maximum Gasteiger partial charge on any atom is 0.248 e. The smallest absolute Gasteiger partial charge is 0.248 e. The molecule has 2 saturated carbocycles. The molecule has 28 heavy (non-hydrogen) atoms. The zero-order valence-electron chi connectivity index (χ0n) is 15.9. The van der Waals surface area contributed by atoms with Crippen LogP contribution in [-0.2, 0) is 4.74 Å². The summed E-state index contributed by atoms with van der Waals surface area (Å²) in [6.07, 6.45) is 3.00. The summed E-state index contributed by atoms with van der Waals surface area (Å²) in [5.74, 6) is -0.418. The highest BCUT2D eigenvalue weighted by molar-refractivity contribution is 7.13. The normalized spacial score (nSPS) is 19.4. The number of aromatic nitrogens is 3. The van der Waals surface area contributed by atoms with E-state index in [-0.39, 0.29) is 18.9 Å². The summed E-state index contributed by atoms with van der Waals surface area (Å²) < 4.78 is 32.4. The molecule has 0 amide bonds. The van der Waals surface area contributed by atoms with Crippen molar-refractivity contribution < 1.29 is 13.5 Å².